The van der Waals surface area contributed by atoms with Crippen LogP contribution in [0.15, 0.2) is 64.2 Å². The summed E-state index contributed by atoms with van der Waals surface area (Å²) < 4.78 is 40.2. The Kier molecular flexibility index (Phi) is 5.43. The number of aromatic nitrogens is 6. The Bertz CT molecular complexity index is 1410. The topological polar surface area (TPSA) is 87.6 Å². The molecule has 0 aliphatic heterocycles. The van der Waals surface area contributed by atoms with E-state index in [9.17, 15) is 22.8 Å². The average molecular weight is 463 g/mol. The standard InChI is InChI=1S/C20H14ClF3N6O2/c1-28-16(20(22,23)24)10-17(31)30(19(28)32)13-7-8-15(21)14(9-13)18-25-27-29(26-18)11-12-5-3-2-4-6-12/h2-10H,11H2,1H3. The van der Waals surface area contributed by atoms with Crippen LogP contribution in [-0.4, -0.2) is 29.3 Å². The van der Waals surface area contributed by atoms with Gasteiger partial charge in [0.2, 0.25) is 5.82 Å². The first kappa shape index (κ1) is 21.5. The van der Waals surface area contributed by atoms with E-state index in [1.54, 1.807) is 0 Å². The molecule has 0 unspecified atom stereocenters. The number of tetrazole rings is 1. The highest BCUT2D eigenvalue weighted by molar-refractivity contribution is 6.33. The van der Waals surface area contributed by atoms with Gasteiger partial charge in [0, 0.05) is 18.7 Å². The van der Waals surface area contributed by atoms with Gasteiger partial charge in [0.25, 0.3) is 5.56 Å². The Labute approximate surface area is 183 Å². The zero-order valence-corrected chi connectivity index (χ0v) is 17.2. The molecule has 0 amide bonds. The molecule has 0 fully saturated rings. The van der Waals surface area contributed by atoms with Crippen molar-refractivity contribution in [2.75, 3.05) is 0 Å². The predicted molar refractivity (Wildman–Crippen MR) is 110 cm³/mol. The number of nitrogens with zero attached hydrogens (tertiary/aromatic N) is 6. The average Bonchev–Trinajstić information content (AvgIpc) is 3.20. The molecular formula is C20H14ClF3N6O2. The van der Waals surface area contributed by atoms with Gasteiger partial charge in [-0.05, 0) is 29.0 Å². The van der Waals surface area contributed by atoms with Gasteiger partial charge in [0.15, 0.2) is 0 Å². The second kappa shape index (κ2) is 8.08. The maximum Gasteiger partial charge on any atom is 0.431 e. The van der Waals surface area contributed by atoms with Crippen molar-refractivity contribution in [2.45, 2.75) is 12.7 Å². The van der Waals surface area contributed by atoms with Gasteiger partial charge >= 0.3 is 11.9 Å². The molecule has 0 aliphatic carbocycles. The van der Waals surface area contributed by atoms with Crippen molar-refractivity contribution in [1.29, 1.82) is 0 Å². The van der Waals surface area contributed by atoms with Crippen LogP contribution in [0.5, 0.6) is 0 Å². The number of rotatable bonds is 4. The molecule has 32 heavy (non-hydrogen) atoms. The van der Waals surface area contributed by atoms with Crippen molar-refractivity contribution < 1.29 is 13.2 Å². The van der Waals surface area contributed by atoms with E-state index in [0.29, 0.717) is 21.7 Å². The summed E-state index contributed by atoms with van der Waals surface area (Å²) in [5.41, 5.74) is -2.41. The Balaban J connectivity index is 1.76. The molecule has 2 aromatic carbocycles. The van der Waals surface area contributed by atoms with Crippen LogP contribution >= 0.6 is 11.6 Å². The first-order valence-electron chi connectivity index (χ1n) is 9.17. The normalized spacial score (nSPS) is 11.7. The van der Waals surface area contributed by atoms with Crippen LogP contribution in [0.25, 0.3) is 17.1 Å². The molecule has 12 heteroatoms. The lowest BCUT2D eigenvalue weighted by Gasteiger charge is -2.14. The first-order chi connectivity index (χ1) is 15.1. The summed E-state index contributed by atoms with van der Waals surface area (Å²) in [6.07, 6.45) is -4.85. The highest BCUT2D eigenvalue weighted by Gasteiger charge is 2.35. The fourth-order valence-corrected chi connectivity index (χ4v) is 3.33. The summed E-state index contributed by atoms with van der Waals surface area (Å²) in [4.78, 5) is 26.3. The lowest BCUT2D eigenvalue weighted by Crippen LogP contribution is -2.40. The van der Waals surface area contributed by atoms with Crippen molar-refractivity contribution in [3.8, 4) is 17.1 Å². The van der Waals surface area contributed by atoms with Crippen LogP contribution < -0.4 is 11.2 Å². The molecule has 0 bridgehead atoms. The summed E-state index contributed by atoms with van der Waals surface area (Å²) in [5, 5.41) is 12.4. The maximum absolute atomic E-state index is 13.1. The third-order valence-corrected chi connectivity index (χ3v) is 5.01. The van der Waals surface area contributed by atoms with Crippen LogP contribution in [-0.2, 0) is 19.8 Å². The largest absolute Gasteiger partial charge is 0.431 e. The van der Waals surface area contributed by atoms with Crippen LogP contribution in [0.3, 0.4) is 0 Å². The number of hydrogen-bond donors (Lipinski definition) is 0. The monoisotopic (exact) mass is 462 g/mol. The van der Waals surface area contributed by atoms with Crippen molar-refractivity contribution >= 4 is 11.6 Å². The smallest absolute Gasteiger partial charge is 0.292 e. The second-order valence-corrected chi connectivity index (χ2v) is 7.24. The molecule has 2 aromatic heterocycles. The second-order valence-electron chi connectivity index (χ2n) is 6.84. The highest BCUT2D eigenvalue weighted by atomic mass is 35.5. The fraction of sp³-hybridized carbons (Fsp3) is 0.150. The van der Waals surface area contributed by atoms with E-state index in [-0.39, 0.29) is 22.1 Å². The van der Waals surface area contributed by atoms with Crippen molar-refractivity contribution in [1.82, 2.24) is 29.3 Å². The van der Waals surface area contributed by atoms with Crippen molar-refractivity contribution in [2.24, 2.45) is 7.05 Å². The molecule has 0 atom stereocenters. The molecule has 0 saturated heterocycles. The molecule has 164 valence electrons. The number of benzene rings is 2. The highest BCUT2D eigenvalue weighted by Crippen LogP contribution is 2.28. The fourth-order valence-electron chi connectivity index (χ4n) is 3.12. The molecule has 0 radical (unpaired) electrons. The lowest BCUT2D eigenvalue weighted by atomic mass is 10.2. The summed E-state index contributed by atoms with van der Waals surface area (Å²) in [6.45, 7) is 0.351. The number of halogens is 4. The van der Waals surface area contributed by atoms with Gasteiger partial charge in [-0.15, -0.1) is 10.2 Å². The Hall–Kier alpha value is -3.73. The molecular weight excluding hydrogens is 449 g/mol. The number of alkyl halides is 3. The van der Waals surface area contributed by atoms with Gasteiger partial charge in [0.05, 0.1) is 17.3 Å². The third kappa shape index (κ3) is 4.06. The molecule has 8 nitrogen and oxygen atoms in total. The Morgan fingerprint density at radius 2 is 1.75 bits per heavy atom. The molecule has 2 heterocycles. The lowest BCUT2D eigenvalue weighted by molar-refractivity contribution is -0.144. The zero-order chi connectivity index (χ0) is 23.0. The SMILES string of the molecule is Cn1c(C(F)(F)F)cc(=O)n(-c2ccc(Cl)c(-c3nnn(Cc4ccccc4)n3)c2)c1=O. The Morgan fingerprint density at radius 1 is 1.03 bits per heavy atom. The van der Waals surface area contributed by atoms with E-state index in [1.807, 2.05) is 30.3 Å². The van der Waals surface area contributed by atoms with E-state index in [1.165, 1.54) is 23.0 Å². The zero-order valence-electron chi connectivity index (χ0n) is 16.4. The molecule has 0 aliphatic rings. The van der Waals surface area contributed by atoms with Gasteiger partial charge < -0.3 is 0 Å². The van der Waals surface area contributed by atoms with Crippen LogP contribution in [0.1, 0.15) is 11.3 Å². The molecule has 0 N–H and O–H groups in total. The predicted octanol–water partition coefficient (Wildman–Crippen LogP) is 2.91. The van der Waals surface area contributed by atoms with Gasteiger partial charge in [-0.1, -0.05) is 41.9 Å². The van der Waals surface area contributed by atoms with E-state index < -0.39 is 23.1 Å². The van der Waals surface area contributed by atoms with Crippen LogP contribution in [0.4, 0.5) is 13.2 Å². The number of hydrogen-bond acceptors (Lipinski definition) is 5. The Morgan fingerprint density at radius 3 is 2.44 bits per heavy atom. The quantitative estimate of drug-likeness (QED) is 0.465. The van der Waals surface area contributed by atoms with E-state index in [0.717, 1.165) is 12.6 Å². The minimum absolute atomic E-state index is 0.0168. The maximum atomic E-state index is 13.1. The van der Waals surface area contributed by atoms with Crippen molar-refractivity contribution in [3.05, 3.63) is 91.7 Å². The van der Waals surface area contributed by atoms with E-state index >= 15 is 0 Å². The molecule has 0 spiro atoms. The van der Waals surface area contributed by atoms with Crippen LogP contribution in [0, 0.1) is 0 Å². The van der Waals surface area contributed by atoms with Gasteiger partial charge in [-0.2, -0.15) is 18.0 Å². The molecule has 4 aromatic rings. The summed E-state index contributed by atoms with van der Waals surface area (Å²) in [7, 11) is 0.939. The van der Waals surface area contributed by atoms with Gasteiger partial charge in [-0.3, -0.25) is 9.36 Å². The minimum Gasteiger partial charge on any atom is -0.292 e. The summed E-state index contributed by atoms with van der Waals surface area (Å²) in [5.74, 6) is 0.129. The molecule has 0 saturated carbocycles. The summed E-state index contributed by atoms with van der Waals surface area (Å²) >= 11 is 6.25. The van der Waals surface area contributed by atoms with E-state index in [4.69, 9.17) is 11.6 Å². The molecule has 4 rings (SSSR count). The van der Waals surface area contributed by atoms with E-state index in [2.05, 4.69) is 15.4 Å². The minimum atomic E-state index is -4.85. The van der Waals surface area contributed by atoms with Crippen LogP contribution in [0.2, 0.25) is 5.02 Å². The first-order valence-corrected chi connectivity index (χ1v) is 9.55. The van der Waals surface area contributed by atoms with Gasteiger partial charge in [-0.25, -0.2) is 9.36 Å². The summed E-state index contributed by atoms with van der Waals surface area (Å²) in [6, 6.07) is 13.9. The van der Waals surface area contributed by atoms with Gasteiger partial charge in [0.1, 0.15) is 5.69 Å². The third-order valence-electron chi connectivity index (χ3n) is 4.68. The van der Waals surface area contributed by atoms with Crippen molar-refractivity contribution in [3.63, 3.8) is 0 Å².